The summed E-state index contributed by atoms with van der Waals surface area (Å²) < 4.78 is 26.2. The summed E-state index contributed by atoms with van der Waals surface area (Å²) in [6.45, 7) is 0.935. The van der Waals surface area contributed by atoms with Crippen molar-refractivity contribution < 1.29 is 13.9 Å². The van der Waals surface area contributed by atoms with Crippen LogP contribution in [0, 0.1) is 11.6 Å². The van der Waals surface area contributed by atoms with Gasteiger partial charge >= 0.3 is 0 Å². The van der Waals surface area contributed by atoms with E-state index < -0.39 is 17.7 Å². The minimum absolute atomic E-state index is 0.108. The zero-order valence-corrected chi connectivity index (χ0v) is 11.6. The lowest BCUT2D eigenvalue weighted by molar-refractivity contribution is 0.170. The highest BCUT2D eigenvalue weighted by atomic mass is 19.1. The maximum atomic E-state index is 13.5. The Morgan fingerprint density at radius 2 is 2.10 bits per heavy atom. The number of nitrogens with zero attached hydrogens (tertiary/aromatic N) is 1. The molecule has 0 fully saturated rings. The molecule has 112 valence electrons. The molecule has 3 nitrogen and oxygen atoms in total. The van der Waals surface area contributed by atoms with E-state index in [1.165, 1.54) is 6.07 Å². The van der Waals surface area contributed by atoms with Gasteiger partial charge in [-0.3, -0.25) is 4.98 Å². The molecule has 0 saturated heterocycles. The molecule has 1 unspecified atom stereocenters. The van der Waals surface area contributed by atoms with Gasteiger partial charge in [-0.2, -0.15) is 0 Å². The summed E-state index contributed by atoms with van der Waals surface area (Å²) in [4.78, 5) is 4.04. The largest absolute Gasteiger partial charge is 0.387 e. The molecule has 0 aliphatic carbocycles. The topological polar surface area (TPSA) is 45.1 Å². The molecule has 0 spiro atoms. The van der Waals surface area contributed by atoms with Crippen LogP contribution in [0.2, 0.25) is 0 Å². The van der Waals surface area contributed by atoms with E-state index in [9.17, 15) is 13.9 Å². The van der Waals surface area contributed by atoms with Crippen molar-refractivity contribution in [3.63, 3.8) is 0 Å². The van der Waals surface area contributed by atoms with Crippen LogP contribution in [-0.2, 0) is 6.42 Å². The number of nitrogens with one attached hydrogen (secondary N) is 1. The van der Waals surface area contributed by atoms with Crippen LogP contribution in [0.25, 0.3) is 0 Å². The molecule has 1 atom stereocenters. The van der Waals surface area contributed by atoms with Crippen molar-refractivity contribution in [3.05, 3.63) is 65.5 Å². The van der Waals surface area contributed by atoms with E-state index in [4.69, 9.17) is 0 Å². The van der Waals surface area contributed by atoms with Crippen molar-refractivity contribution in [2.45, 2.75) is 18.9 Å². The third kappa shape index (κ3) is 4.88. The summed E-state index contributed by atoms with van der Waals surface area (Å²) in [5.41, 5.74) is 1.26. The highest BCUT2D eigenvalue weighted by Crippen LogP contribution is 2.17. The van der Waals surface area contributed by atoms with E-state index >= 15 is 0 Å². The number of hydrogen-bond acceptors (Lipinski definition) is 3. The van der Waals surface area contributed by atoms with Gasteiger partial charge in [0.05, 0.1) is 6.10 Å². The maximum Gasteiger partial charge on any atom is 0.131 e. The molecule has 5 heteroatoms. The van der Waals surface area contributed by atoms with Crippen molar-refractivity contribution in [1.29, 1.82) is 0 Å². The number of aryl methyl sites for hydroxylation is 1. The van der Waals surface area contributed by atoms with Crippen molar-refractivity contribution >= 4 is 0 Å². The summed E-state index contributed by atoms with van der Waals surface area (Å²) in [7, 11) is 0. The molecule has 0 bridgehead atoms. The van der Waals surface area contributed by atoms with E-state index in [0.717, 1.165) is 30.5 Å². The third-order valence-corrected chi connectivity index (χ3v) is 3.20. The fourth-order valence-corrected chi connectivity index (χ4v) is 2.08. The third-order valence-electron chi connectivity index (χ3n) is 3.20. The van der Waals surface area contributed by atoms with E-state index in [2.05, 4.69) is 10.3 Å². The number of aliphatic hydroxyl groups excluding tert-OH is 1. The predicted octanol–water partition coefficient (Wildman–Crippen LogP) is 2.62. The predicted molar refractivity (Wildman–Crippen MR) is 76.7 cm³/mol. The first kappa shape index (κ1) is 15.5. The highest BCUT2D eigenvalue weighted by Gasteiger charge is 2.12. The molecule has 0 radical (unpaired) electrons. The molecule has 2 N–H and O–H groups in total. The number of hydrogen-bond donors (Lipinski definition) is 2. The van der Waals surface area contributed by atoms with Crippen LogP contribution in [0.1, 0.15) is 23.7 Å². The van der Waals surface area contributed by atoms with Gasteiger partial charge in [0.15, 0.2) is 0 Å². The van der Waals surface area contributed by atoms with Gasteiger partial charge in [-0.05, 0) is 37.1 Å². The summed E-state index contributed by atoms with van der Waals surface area (Å²) in [6.07, 6.45) is 4.36. The minimum atomic E-state index is -0.982. The summed E-state index contributed by atoms with van der Waals surface area (Å²) in [5, 5.41) is 12.9. The molecule has 2 rings (SSSR count). The molecule has 21 heavy (non-hydrogen) atoms. The highest BCUT2D eigenvalue weighted by molar-refractivity contribution is 5.21. The summed E-state index contributed by atoms with van der Waals surface area (Å²) in [6, 6.07) is 7.09. The monoisotopic (exact) mass is 292 g/mol. The molecule has 0 amide bonds. The van der Waals surface area contributed by atoms with Gasteiger partial charge in [-0.1, -0.05) is 12.1 Å². The van der Waals surface area contributed by atoms with Crippen molar-refractivity contribution in [1.82, 2.24) is 10.3 Å². The smallest absolute Gasteiger partial charge is 0.131 e. The quantitative estimate of drug-likeness (QED) is 0.771. The van der Waals surface area contributed by atoms with Gasteiger partial charge in [-0.25, -0.2) is 8.78 Å². The molecule has 1 heterocycles. The minimum Gasteiger partial charge on any atom is -0.387 e. The Bertz CT molecular complexity index is 563. The Morgan fingerprint density at radius 3 is 2.81 bits per heavy atom. The van der Waals surface area contributed by atoms with Gasteiger partial charge in [0, 0.05) is 30.6 Å². The fourth-order valence-electron chi connectivity index (χ4n) is 2.08. The summed E-state index contributed by atoms with van der Waals surface area (Å²) >= 11 is 0. The Kier molecular flexibility index (Phi) is 5.78. The zero-order chi connectivity index (χ0) is 15.1. The number of pyridine rings is 1. The van der Waals surface area contributed by atoms with E-state index in [1.807, 2.05) is 18.3 Å². The number of rotatable bonds is 7. The molecule has 2 aromatic rings. The van der Waals surface area contributed by atoms with Crippen LogP contribution >= 0.6 is 0 Å². The number of halogens is 2. The van der Waals surface area contributed by atoms with E-state index in [1.54, 1.807) is 6.20 Å². The Labute approximate surface area is 122 Å². The summed E-state index contributed by atoms with van der Waals surface area (Å²) in [5.74, 6) is -1.37. The average Bonchev–Trinajstić information content (AvgIpc) is 2.47. The molecule has 1 aromatic heterocycles. The van der Waals surface area contributed by atoms with Crippen LogP contribution in [0.15, 0.2) is 42.7 Å². The van der Waals surface area contributed by atoms with Crippen molar-refractivity contribution in [2.24, 2.45) is 0 Å². The second-order valence-corrected chi connectivity index (χ2v) is 4.85. The number of aliphatic hydroxyl groups is 1. The molecule has 0 aliphatic rings. The van der Waals surface area contributed by atoms with Gasteiger partial charge in [0.2, 0.25) is 0 Å². The first-order valence-electron chi connectivity index (χ1n) is 6.89. The van der Waals surface area contributed by atoms with Crippen molar-refractivity contribution in [2.75, 3.05) is 13.1 Å². The first-order valence-corrected chi connectivity index (χ1v) is 6.89. The van der Waals surface area contributed by atoms with E-state index in [-0.39, 0.29) is 12.1 Å². The van der Waals surface area contributed by atoms with Crippen LogP contribution in [0.3, 0.4) is 0 Å². The lowest BCUT2D eigenvalue weighted by Gasteiger charge is -2.13. The second kappa shape index (κ2) is 7.81. The van der Waals surface area contributed by atoms with Crippen LogP contribution < -0.4 is 5.32 Å². The average molecular weight is 292 g/mol. The van der Waals surface area contributed by atoms with Gasteiger partial charge in [0.25, 0.3) is 0 Å². The molecule has 1 aromatic carbocycles. The second-order valence-electron chi connectivity index (χ2n) is 4.85. The Hall–Kier alpha value is -1.85. The molecular weight excluding hydrogens is 274 g/mol. The fraction of sp³-hybridized carbons (Fsp3) is 0.312. The Balaban J connectivity index is 1.71. The normalized spacial score (nSPS) is 12.3. The molecule has 0 aliphatic heterocycles. The first-order chi connectivity index (χ1) is 10.2. The van der Waals surface area contributed by atoms with Crippen molar-refractivity contribution in [3.8, 4) is 0 Å². The lowest BCUT2D eigenvalue weighted by Crippen LogP contribution is -2.23. The van der Waals surface area contributed by atoms with Crippen LogP contribution in [-0.4, -0.2) is 23.2 Å². The number of benzene rings is 1. The van der Waals surface area contributed by atoms with Gasteiger partial charge in [0.1, 0.15) is 11.6 Å². The van der Waals surface area contributed by atoms with Crippen LogP contribution in [0.5, 0.6) is 0 Å². The SMILES string of the molecule is OC(CNCCCc1cccnc1)c1ccc(F)cc1F. The van der Waals surface area contributed by atoms with Gasteiger partial charge in [-0.15, -0.1) is 0 Å². The maximum absolute atomic E-state index is 13.5. The molecule has 0 saturated carbocycles. The Morgan fingerprint density at radius 1 is 1.24 bits per heavy atom. The molecular formula is C16H18F2N2O. The van der Waals surface area contributed by atoms with Gasteiger partial charge < -0.3 is 10.4 Å². The van der Waals surface area contributed by atoms with Crippen LogP contribution in [0.4, 0.5) is 8.78 Å². The standard InChI is InChI=1S/C16H18F2N2O/c17-13-5-6-14(15(18)9-13)16(21)11-20-8-2-4-12-3-1-7-19-10-12/h1,3,5-7,9-10,16,20-21H,2,4,8,11H2. The lowest BCUT2D eigenvalue weighted by atomic mass is 10.1. The zero-order valence-electron chi connectivity index (χ0n) is 11.6. The number of aromatic nitrogens is 1. The van der Waals surface area contributed by atoms with E-state index in [0.29, 0.717) is 6.54 Å².